The number of hydrogen-bond donors (Lipinski definition) is 2. The molecule has 0 aliphatic heterocycles. The van der Waals surface area contributed by atoms with Crippen molar-refractivity contribution in [1.29, 1.82) is 0 Å². The first-order valence-electron chi connectivity index (χ1n) is 10.6. The van der Waals surface area contributed by atoms with Crippen LogP contribution in [-0.4, -0.2) is 22.7 Å². The lowest BCUT2D eigenvalue weighted by molar-refractivity contribution is 0.0506. The van der Waals surface area contributed by atoms with Crippen molar-refractivity contribution < 1.29 is 9.53 Å². The van der Waals surface area contributed by atoms with E-state index in [1.807, 2.05) is 52.0 Å². The highest BCUT2D eigenvalue weighted by atomic mass is 16.6. The smallest absolute Gasteiger partial charge is 0.407 e. The highest BCUT2D eigenvalue weighted by Crippen LogP contribution is 2.31. The predicted molar refractivity (Wildman–Crippen MR) is 127 cm³/mol. The van der Waals surface area contributed by atoms with Gasteiger partial charge in [-0.15, -0.1) is 0 Å². The molecule has 3 N–H and O–H groups in total. The number of alkyl carbamates (subject to hydrolysis) is 1. The Morgan fingerprint density at radius 2 is 1.74 bits per heavy atom. The molecule has 1 aromatic heterocycles. The van der Waals surface area contributed by atoms with Crippen molar-refractivity contribution in [3.8, 4) is 22.4 Å². The number of hydrogen-bond acceptors (Lipinski definition) is 4. The number of anilines is 1. The van der Waals surface area contributed by atoms with E-state index in [4.69, 9.17) is 10.5 Å². The average Bonchev–Trinajstić information content (AvgIpc) is 2.72. The van der Waals surface area contributed by atoms with Crippen LogP contribution in [-0.2, 0) is 11.2 Å². The number of nitrogens with zero attached hydrogens (tertiary/aromatic N) is 1. The van der Waals surface area contributed by atoms with Gasteiger partial charge in [0.2, 0.25) is 0 Å². The van der Waals surface area contributed by atoms with Crippen LogP contribution in [0.2, 0.25) is 0 Å². The van der Waals surface area contributed by atoms with Crippen LogP contribution in [0.4, 0.5) is 10.5 Å². The topological polar surface area (TPSA) is 77.2 Å². The Balaban J connectivity index is 1.67. The van der Waals surface area contributed by atoms with Gasteiger partial charge in [-0.25, -0.2) is 4.79 Å². The Kier molecular flexibility index (Phi) is 6.95. The van der Waals surface area contributed by atoms with Crippen LogP contribution in [0.15, 0.2) is 66.9 Å². The van der Waals surface area contributed by atoms with Gasteiger partial charge in [-0.2, -0.15) is 0 Å². The second-order valence-corrected chi connectivity index (χ2v) is 8.81. The lowest BCUT2D eigenvalue weighted by Crippen LogP contribution is -2.37. The molecule has 0 saturated carbocycles. The number of nitrogens with two attached hydrogens (primary N) is 1. The van der Waals surface area contributed by atoms with Crippen molar-refractivity contribution in [3.05, 3.63) is 72.4 Å². The third-order valence-corrected chi connectivity index (χ3v) is 4.85. The number of ether oxygens (including phenoxy) is 1. The molecule has 0 saturated heterocycles. The first kappa shape index (κ1) is 22.3. The van der Waals surface area contributed by atoms with Crippen molar-refractivity contribution in [2.45, 2.75) is 52.2 Å². The Hall–Kier alpha value is -3.34. The molecule has 0 unspecified atom stereocenters. The van der Waals surface area contributed by atoms with Crippen LogP contribution in [0, 0.1) is 0 Å². The van der Waals surface area contributed by atoms with E-state index in [-0.39, 0.29) is 12.1 Å². The summed E-state index contributed by atoms with van der Waals surface area (Å²) in [6.45, 7) is 7.57. The average molecular weight is 418 g/mol. The molecular weight excluding hydrogens is 386 g/mol. The molecule has 2 aromatic carbocycles. The number of carbonyl (C=O) groups excluding carboxylic acids is 1. The van der Waals surface area contributed by atoms with Gasteiger partial charge < -0.3 is 15.8 Å². The fraction of sp³-hybridized carbons (Fsp3) is 0.308. The summed E-state index contributed by atoms with van der Waals surface area (Å²) < 4.78 is 5.32. The van der Waals surface area contributed by atoms with E-state index in [1.165, 1.54) is 5.56 Å². The third kappa shape index (κ3) is 6.57. The number of aromatic nitrogens is 1. The summed E-state index contributed by atoms with van der Waals surface area (Å²) in [5.74, 6) is 0. The van der Waals surface area contributed by atoms with E-state index in [0.717, 1.165) is 35.2 Å². The van der Waals surface area contributed by atoms with Gasteiger partial charge in [0.05, 0.1) is 17.6 Å². The van der Waals surface area contributed by atoms with Crippen LogP contribution < -0.4 is 11.1 Å². The molecule has 1 amide bonds. The van der Waals surface area contributed by atoms with E-state index < -0.39 is 5.60 Å². The fourth-order valence-electron chi connectivity index (χ4n) is 3.34. The minimum absolute atomic E-state index is 0.0259. The zero-order chi connectivity index (χ0) is 22.4. The Labute approximate surface area is 184 Å². The van der Waals surface area contributed by atoms with Gasteiger partial charge in [0.15, 0.2) is 0 Å². The largest absolute Gasteiger partial charge is 0.444 e. The number of nitrogens with one attached hydrogen (secondary N) is 1. The van der Waals surface area contributed by atoms with E-state index >= 15 is 0 Å². The normalized spacial score (nSPS) is 12.3. The van der Waals surface area contributed by atoms with Crippen molar-refractivity contribution in [2.75, 3.05) is 5.73 Å². The third-order valence-electron chi connectivity index (χ3n) is 4.85. The SMILES string of the molecule is C[C@@H](CCc1ccc(-c2ncc(N)cc2-c2ccccc2)cc1)NC(=O)OC(C)(C)C. The maximum absolute atomic E-state index is 11.9. The first-order chi connectivity index (χ1) is 14.7. The minimum Gasteiger partial charge on any atom is -0.444 e. The monoisotopic (exact) mass is 417 g/mol. The van der Waals surface area contributed by atoms with Gasteiger partial charge in [0, 0.05) is 17.2 Å². The van der Waals surface area contributed by atoms with Crippen LogP contribution in [0.3, 0.4) is 0 Å². The first-order valence-corrected chi connectivity index (χ1v) is 10.6. The van der Waals surface area contributed by atoms with Crippen molar-refractivity contribution in [2.24, 2.45) is 0 Å². The second kappa shape index (κ2) is 9.65. The number of carbonyl (C=O) groups is 1. The predicted octanol–water partition coefficient (Wildman–Crippen LogP) is 5.84. The zero-order valence-electron chi connectivity index (χ0n) is 18.7. The summed E-state index contributed by atoms with van der Waals surface area (Å²) in [7, 11) is 0. The van der Waals surface area contributed by atoms with E-state index in [1.54, 1.807) is 6.20 Å². The molecule has 0 aliphatic rings. The molecule has 0 aliphatic carbocycles. The summed E-state index contributed by atoms with van der Waals surface area (Å²) in [4.78, 5) is 16.5. The molecular formula is C26H31N3O2. The molecule has 162 valence electrons. The molecule has 3 aromatic rings. The van der Waals surface area contributed by atoms with Crippen molar-refractivity contribution >= 4 is 11.8 Å². The molecule has 3 rings (SSSR count). The minimum atomic E-state index is -0.492. The molecule has 5 nitrogen and oxygen atoms in total. The summed E-state index contributed by atoms with van der Waals surface area (Å²) in [5.41, 5.74) is 11.4. The maximum Gasteiger partial charge on any atom is 0.407 e. The van der Waals surface area contributed by atoms with E-state index in [2.05, 4.69) is 46.7 Å². The summed E-state index contributed by atoms with van der Waals surface area (Å²) in [6, 6.07) is 20.5. The molecule has 1 heterocycles. The summed E-state index contributed by atoms with van der Waals surface area (Å²) in [6.07, 6.45) is 3.00. The standard InChI is InChI=1S/C26H31N3O2/c1-18(29-25(30)31-26(2,3)4)10-11-19-12-14-21(15-13-19)24-23(16-22(27)17-28-24)20-8-6-5-7-9-20/h5-9,12-18H,10-11,27H2,1-4H3,(H,29,30)/t18-/m0/s1. The van der Waals surface area contributed by atoms with Gasteiger partial charge in [-0.05, 0) is 57.7 Å². The zero-order valence-corrected chi connectivity index (χ0v) is 18.7. The van der Waals surface area contributed by atoms with Crippen LogP contribution in [0.25, 0.3) is 22.4 Å². The summed E-state index contributed by atoms with van der Waals surface area (Å²) >= 11 is 0. The number of rotatable bonds is 6. The van der Waals surface area contributed by atoms with Gasteiger partial charge in [0.1, 0.15) is 5.60 Å². The van der Waals surface area contributed by atoms with Crippen LogP contribution in [0.5, 0.6) is 0 Å². The highest BCUT2D eigenvalue weighted by molar-refractivity contribution is 5.82. The van der Waals surface area contributed by atoms with E-state index in [0.29, 0.717) is 5.69 Å². The van der Waals surface area contributed by atoms with Crippen LogP contribution in [0.1, 0.15) is 39.7 Å². The lowest BCUT2D eigenvalue weighted by atomic mass is 9.97. The second-order valence-electron chi connectivity index (χ2n) is 8.81. The van der Waals surface area contributed by atoms with E-state index in [9.17, 15) is 4.79 Å². The Bertz CT molecular complexity index is 1010. The van der Waals surface area contributed by atoms with Gasteiger partial charge in [0.25, 0.3) is 0 Å². The van der Waals surface area contributed by atoms with Crippen LogP contribution >= 0.6 is 0 Å². The molecule has 0 spiro atoms. The molecule has 0 radical (unpaired) electrons. The van der Waals surface area contributed by atoms with Gasteiger partial charge in [-0.1, -0.05) is 54.6 Å². The maximum atomic E-state index is 11.9. The van der Waals surface area contributed by atoms with Gasteiger partial charge >= 0.3 is 6.09 Å². The number of nitrogen functional groups attached to an aromatic ring is 1. The molecule has 5 heteroatoms. The highest BCUT2D eigenvalue weighted by Gasteiger charge is 2.17. The lowest BCUT2D eigenvalue weighted by Gasteiger charge is -2.22. The van der Waals surface area contributed by atoms with Crippen molar-refractivity contribution in [1.82, 2.24) is 10.3 Å². The van der Waals surface area contributed by atoms with Gasteiger partial charge in [-0.3, -0.25) is 4.98 Å². The Morgan fingerprint density at radius 3 is 2.39 bits per heavy atom. The summed E-state index contributed by atoms with van der Waals surface area (Å²) in [5, 5.41) is 2.89. The molecule has 0 bridgehead atoms. The fourth-order valence-corrected chi connectivity index (χ4v) is 3.34. The van der Waals surface area contributed by atoms with Crippen molar-refractivity contribution in [3.63, 3.8) is 0 Å². The quantitative estimate of drug-likeness (QED) is 0.528. The molecule has 1 atom stereocenters. The number of amides is 1. The number of aryl methyl sites for hydroxylation is 1. The Morgan fingerprint density at radius 1 is 1.06 bits per heavy atom. The molecule has 31 heavy (non-hydrogen) atoms. The number of pyridine rings is 1. The molecule has 0 fully saturated rings. The number of benzene rings is 2.